The zero-order chi connectivity index (χ0) is 14.8. The van der Waals surface area contributed by atoms with Crippen molar-refractivity contribution in [2.75, 3.05) is 0 Å². The summed E-state index contributed by atoms with van der Waals surface area (Å²) in [6.07, 6.45) is 2.11. The van der Waals surface area contributed by atoms with Crippen molar-refractivity contribution >= 4 is 10.9 Å². The van der Waals surface area contributed by atoms with Gasteiger partial charge in [0.05, 0.1) is 0 Å². The molecule has 0 N–H and O–H groups in total. The molecule has 0 aliphatic rings. The van der Waals surface area contributed by atoms with Crippen molar-refractivity contribution in [3.8, 4) is 5.75 Å². The summed E-state index contributed by atoms with van der Waals surface area (Å²) in [6, 6.07) is 12.7. The molecule has 0 saturated carbocycles. The van der Waals surface area contributed by atoms with Gasteiger partial charge in [-0.05, 0) is 37.6 Å². The lowest BCUT2D eigenvalue weighted by molar-refractivity contribution is 0.305. The molecule has 2 nitrogen and oxygen atoms in total. The molecule has 1 aromatic heterocycles. The van der Waals surface area contributed by atoms with E-state index in [1.807, 2.05) is 0 Å². The Hall–Kier alpha value is -2.29. The van der Waals surface area contributed by atoms with Gasteiger partial charge in [-0.25, -0.2) is 4.39 Å². The maximum atomic E-state index is 13.2. The van der Waals surface area contributed by atoms with Crippen molar-refractivity contribution in [1.82, 2.24) is 4.57 Å². The van der Waals surface area contributed by atoms with Gasteiger partial charge in [0.15, 0.2) is 0 Å². The molecule has 0 unspecified atom stereocenters. The third kappa shape index (κ3) is 2.77. The van der Waals surface area contributed by atoms with Crippen LogP contribution in [0.5, 0.6) is 5.75 Å². The Labute approximate surface area is 123 Å². The molecule has 0 spiro atoms. The number of rotatable bonds is 4. The smallest absolute Gasteiger partial charge is 0.126 e. The van der Waals surface area contributed by atoms with E-state index in [0.717, 1.165) is 12.1 Å². The van der Waals surface area contributed by atoms with Gasteiger partial charge in [0, 0.05) is 35.3 Å². The molecule has 0 amide bonds. The van der Waals surface area contributed by atoms with Gasteiger partial charge in [-0.2, -0.15) is 0 Å². The number of hydrogen-bond donors (Lipinski definition) is 0. The van der Waals surface area contributed by atoms with E-state index in [0.29, 0.717) is 12.4 Å². The number of aromatic nitrogens is 1. The first kappa shape index (κ1) is 13.7. The molecule has 108 valence electrons. The third-order valence-corrected chi connectivity index (χ3v) is 3.65. The summed E-state index contributed by atoms with van der Waals surface area (Å²) in [4.78, 5) is 0. The van der Waals surface area contributed by atoms with Crippen molar-refractivity contribution < 1.29 is 9.13 Å². The third-order valence-electron chi connectivity index (χ3n) is 3.65. The summed E-state index contributed by atoms with van der Waals surface area (Å²) in [5, 5.41) is 1.19. The highest BCUT2D eigenvalue weighted by molar-refractivity contribution is 5.84. The predicted octanol–water partition coefficient (Wildman–Crippen LogP) is 4.69. The van der Waals surface area contributed by atoms with Crippen LogP contribution in [0.1, 0.15) is 18.1 Å². The molecule has 2 aromatic carbocycles. The van der Waals surface area contributed by atoms with Crippen molar-refractivity contribution in [1.29, 1.82) is 0 Å². The molecule has 0 bridgehead atoms. The van der Waals surface area contributed by atoms with E-state index in [-0.39, 0.29) is 5.82 Å². The lowest BCUT2D eigenvalue weighted by Crippen LogP contribution is -1.95. The summed E-state index contributed by atoms with van der Waals surface area (Å²) in [7, 11) is 0. The van der Waals surface area contributed by atoms with Gasteiger partial charge in [-0.15, -0.1) is 0 Å². The molecule has 0 aliphatic carbocycles. The monoisotopic (exact) mass is 283 g/mol. The molecule has 0 fully saturated rings. The molecule has 21 heavy (non-hydrogen) atoms. The van der Waals surface area contributed by atoms with Crippen LogP contribution in [-0.4, -0.2) is 4.57 Å². The maximum Gasteiger partial charge on any atom is 0.126 e. The first-order valence-corrected chi connectivity index (χ1v) is 7.14. The number of halogens is 1. The molecule has 0 aliphatic heterocycles. The normalized spacial score (nSPS) is 11.0. The van der Waals surface area contributed by atoms with Crippen molar-refractivity contribution in [2.24, 2.45) is 0 Å². The van der Waals surface area contributed by atoms with Crippen molar-refractivity contribution in [3.05, 3.63) is 65.6 Å². The van der Waals surface area contributed by atoms with Gasteiger partial charge in [0.2, 0.25) is 0 Å². The minimum Gasteiger partial charge on any atom is -0.489 e. The minimum absolute atomic E-state index is 0.279. The molecule has 0 atom stereocenters. The average Bonchev–Trinajstić information content (AvgIpc) is 2.82. The largest absolute Gasteiger partial charge is 0.489 e. The van der Waals surface area contributed by atoms with Gasteiger partial charge in [-0.3, -0.25) is 0 Å². The van der Waals surface area contributed by atoms with E-state index in [1.165, 1.54) is 28.6 Å². The van der Waals surface area contributed by atoms with Crippen LogP contribution >= 0.6 is 0 Å². The summed E-state index contributed by atoms with van der Waals surface area (Å²) < 4.78 is 21.1. The number of hydrogen-bond acceptors (Lipinski definition) is 1. The zero-order valence-corrected chi connectivity index (χ0v) is 12.3. The Bertz CT molecular complexity index is 776. The Balaban J connectivity index is 1.90. The number of fused-ring (bicyclic) bond motifs is 1. The fraction of sp³-hybridized carbons (Fsp3) is 0.222. The van der Waals surface area contributed by atoms with Crippen LogP contribution < -0.4 is 4.74 Å². The topological polar surface area (TPSA) is 14.2 Å². The van der Waals surface area contributed by atoms with Gasteiger partial charge in [0.1, 0.15) is 18.2 Å². The molecule has 3 heteroatoms. The highest BCUT2D eigenvalue weighted by Gasteiger charge is 2.08. The molecule has 3 aromatic rings. The van der Waals surface area contributed by atoms with Crippen LogP contribution in [-0.2, 0) is 13.2 Å². The summed E-state index contributed by atoms with van der Waals surface area (Å²) in [5.74, 6) is 0.277. The van der Waals surface area contributed by atoms with E-state index in [2.05, 4.69) is 42.8 Å². The summed E-state index contributed by atoms with van der Waals surface area (Å²) >= 11 is 0. The highest BCUT2D eigenvalue weighted by atomic mass is 19.1. The van der Waals surface area contributed by atoms with E-state index in [9.17, 15) is 4.39 Å². The van der Waals surface area contributed by atoms with Crippen molar-refractivity contribution in [2.45, 2.75) is 27.0 Å². The Kier molecular flexibility index (Phi) is 3.65. The fourth-order valence-electron chi connectivity index (χ4n) is 2.57. The molecule has 0 radical (unpaired) electrons. The summed E-state index contributed by atoms with van der Waals surface area (Å²) in [6.45, 7) is 5.57. The van der Waals surface area contributed by atoms with Crippen LogP contribution in [0.3, 0.4) is 0 Å². The molecule has 0 saturated heterocycles. The first-order chi connectivity index (χ1) is 10.2. The van der Waals surface area contributed by atoms with Crippen LogP contribution in [0, 0.1) is 12.7 Å². The number of aryl methyl sites for hydroxylation is 2. The van der Waals surface area contributed by atoms with E-state index in [1.54, 1.807) is 12.1 Å². The lowest BCUT2D eigenvalue weighted by Gasteiger charge is -2.05. The van der Waals surface area contributed by atoms with Crippen LogP contribution in [0.25, 0.3) is 10.9 Å². The van der Waals surface area contributed by atoms with Gasteiger partial charge in [-0.1, -0.05) is 18.2 Å². The molecular weight excluding hydrogens is 265 g/mol. The Morgan fingerprint density at radius 3 is 2.76 bits per heavy atom. The second-order valence-electron chi connectivity index (χ2n) is 5.21. The molecule has 3 rings (SSSR count). The van der Waals surface area contributed by atoms with Crippen LogP contribution in [0.15, 0.2) is 48.7 Å². The number of ether oxygens (including phenoxy) is 1. The molecule has 1 heterocycles. The maximum absolute atomic E-state index is 13.2. The van der Waals surface area contributed by atoms with Gasteiger partial charge >= 0.3 is 0 Å². The van der Waals surface area contributed by atoms with Crippen LogP contribution in [0.4, 0.5) is 4.39 Å². The van der Waals surface area contributed by atoms with Gasteiger partial charge in [0.25, 0.3) is 0 Å². The Morgan fingerprint density at radius 1 is 1.14 bits per heavy atom. The average molecular weight is 283 g/mol. The Morgan fingerprint density at radius 2 is 2.00 bits per heavy atom. The van der Waals surface area contributed by atoms with Gasteiger partial charge < -0.3 is 9.30 Å². The van der Waals surface area contributed by atoms with Crippen molar-refractivity contribution in [3.63, 3.8) is 0 Å². The quantitative estimate of drug-likeness (QED) is 0.677. The lowest BCUT2D eigenvalue weighted by atomic mass is 10.1. The van der Waals surface area contributed by atoms with E-state index >= 15 is 0 Å². The highest BCUT2D eigenvalue weighted by Crippen LogP contribution is 2.24. The predicted molar refractivity (Wildman–Crippen MR) is 83.1 cm³/mol. The SMILES string of the molecule is CCn1cc(COc2cccc(F)c2)c2ccc(C)cc21. The standard InChI is InChI=1S/C18H18FNO/c1-3-20-11-14(17-8-7-13(2)9-18(17)20)12-21-16-6-4-5-15(19)10-16/h4-11H,3,12H2,1-2H3. The first-order valence-electron chi connectivity index (χ1n) is 7.14. The number of benzene rings is 2. The van der Waals surface area contributed by atoms with Crippen LogP contribution in [0.2, 0.25) is 0 Å². The zero-order valence-electron chi connectivity index (χ0n) is 12.3. The minimum atomic E-state index is -0.279. The molecular formula is C18H18FNO. The fourth-order valence-corrected chi connectivity index (χ4v) is 2.57. The second kappa shape index (κ2) is 5.60. The van der Waals surface area contributed by atoms with E-state index in [4.69, 9.17) is 4.74 Å². The van der Waals surface area contributed by atoms with E-state index < -0.39 is 0 Å². The number of nitrogens with zero attached hydrogens (tertiary/aromatic N) is 1. The second-order valence-corrected chi connectivity index (χ2v) is 5.21. The summed E-state index contributed by atoms with van der Waals surface area (Å²) in [5.41, 5.74) is 3.58.